The van der Waals surface area contributed by atoms with E-state index in [1.54, 1.807) is 32.0 Å². The lowest BCUT2D eigenvalue weighted by atomic mass is 10.2. The molecule has 0 saturated heterocycles. The van der Waals surface area contributed by atoms with Crippen LogP contribution in [0.3, 0.4) is 0 Å². The molecule has 3 aromatic rings. The Morgan fingerprint density at radius 2 is 1.92 bits per heavy atom. The Morgan fingerprint density at radius 3 is 2.65 bits per heavy atom. The van der Waals surface area contributed by atoms with Crippen molar-refractivity contribution in [1.29, 1.82) is 0 Å². The molecule has 136 valence electrons. The molecule has 0 radical (unpaired) electrons. The number of nitrogens with one attached hydrogen (secondary N) is 2. The molecule has 5 nitrogen and oxygen atoms in total. The maximum atomic E-state index is 12.7. The van der Waals surface area contributed by atoms with E-state index in [0.29, 0.717) is 22.7 Å². The maximum Gasteiger partial charge on any atom is 0.416 e. The molecule has 1 heterocycles. The van der Waals surface area contributed by atoms with Gasteiger partial charge in [0.05, 0.1) is 5.56 Å². The van der Waals surface area contributed by atoms with E-state index < -0.39 is 23.7 Å². The molecule has 0 saturated carbocycles. The summed E-state index contributed by atoms with van der Waals surface area (Å²) in [6, 6.07) is 9.04. The van der Waals surface area contributed by atoms with Gasteiger partial charge in [0.25, 0.3) is 0 Å². The van der Waals surface area contributed by atoms with Gasteiger partial charge in [0.15, 0.2) is 11.5 Å². The Morgan fingerprint density at radius 1 is 1.15 bits per heavy atom. The van der Waals surface area contributed by atoms with Gasteiger partial charge in [0, 0.05) is 18.3 Å². The van der Waals surface area contributed by atoms with Crippen LogP contribution in [0.4, 0.5) is 24.5 Å². The number of aromatic nitrogens is 1. The zero-order valence-electron chi connectivity index (χ0n) is 14.0. The predicted molar refractivity (Wildman–Crippen MR) is 91.9 cm³/mol. The van der Waals surface area contributed by atoms with Crippen molar-refractivity contribution in [3.05, 3.63) is 53.9 Å². The maximum absolute atomic E-state index is 12.7. The van der Waals surface area contributed by atoms with Gasteiger partial charge in [-0.2, -0.15) is 13.2 Å². The average molecular weight is 363 g/mol. The second-order valence-corrected chi connectivity index (χ2v) is 5.85. The zero-order valence-corrected chi connectivity index (χ0v) is 14.0. The first kappa shape index (κ1) is 17.8. The van der Waals surface area contributed by atoms with Gasteiger partial charge < -0.3 is 15.1 Å². The van der Waals surface area contributed by atoms with Crippen LogP contribution in [0.1, 0.15) is 18.4 Å². The number of oxazole rings is 1. The molecule has 0 aliphatic heterocycles. The van der Waals surface area contributed by atoms with Crippen LogP contribution >= 0.6 is 0 Å². The smallest absolute Gasteiger partial charge is 0.416 e. The van der Waals surface area contributed by atoms with Gasteiger partial charge in [0.1, 0.15) is 11.6 Å². The Hall–Kier alpha value is -3.03. The van der Waals surface area contributed by atoms with Gasteiger partial charge in [-0.05, 0) is 43.3 Å². The lowest BCUT2D eigenvalue weighted by Gasteiger charge is -2.16. The van der Waals surface area contributed by atoms with Gasteiger partial charge in [-0.3, -0.25) is 4.79 Å². The second-order valence-electron chi connectivity index (χ2n) is 5.85. The highest BCUT2D eigenvalue weighted by atomic mass is 19.4. The van der Waals surface area contributed by atoms with Crippen LogP contribution in [-0.4, -0.2) is 16.9 Å². The highest BCUT2D eigenvalue weighted by Gasteiger charge is 2.30. The summed E-state index contributed by atoms with van der Waals surface area (Å²) >= 11 is 0. The molecule has 0 unspecified atom stereocenters. The number of fused-ring (bicyclic) bond motifs is 1. The van der Waals surface area contributed by atoms with Crippen LogP contribution < -0.4 is 10.6 Å². The van der Waals surface area contributed by atoms with Crippen molar-refractivity contribution in [3.63, 3.8) is 0 Å². The minimum Gasteiger partial charge on any atom is -0.441 e. The lowest BCUT2D eigenvalue weighted by molar-refractivity contribution is -0.137. The standard InChI is InChI=1S/C18H16F3N3O2/c1-10(22-14-6-7-16-15(9-14)23-11(2)26-16)17(25)24-13-5-3-4-12(8-13)18(19,20)21/h3-10,22H,1-2H3,(H,24,25)/t10-/m0/s1. The molecule has 0 aliphatic rings. The molecular formula is C18H16F3N3O2. The number of alkyl halides is 3. The van der Waals surface area contributed by atoms with E-state index in [2.05, 4.69) is 15.6 Å². The van der Waals surface area contributed by atoms with E-state index >= 15 is 0 Å². The Kier molecular flexibility index (Phi) is 4.58. The minimum atomic E-state index is -4.46. The van der Waals surface area contributed by atoms with E-state index in [1.807, 2.05) is 0 Å². The fraction of sp³-hybridized carbons (Fsp3) is 0.222. The van der Waals surface area contributed by atoms with Crippen molar-refractivity contribution >= 4 is 28.4 Å². The summed E-state index contributed by atoms with van der Waals surface area (Å²) in [6.45, 7) is 3.35. The SMILES string of the molecule is Cc1nc2cc(N[C@@H](C)C(=O)Nc3cccc(C(F)(F)F)c3)ccc2o1. The van der Waals surface area contributed by atoms with E-state index in [1.165, 1.54) is 12.1 Å². The summed E-state index contributed by atoms with van der Waals surface area (Å²) < 4.78 is 43.6. The van der Waals surface area contributed by atoms with Crippen molar-refractivity contribution in [2.45, 2.75) is 26.1 Å². The number of nitrogens with zero attached hydrogens (tertiary/aromatic N) is 1. The monoisotopic (exact) mass is 363 g/mol. The molecule has 2 aromatic carbocycles. The first-order valence-electron chi connectivity index (χ1n) is 7.84. The van der Waals surface area contributed by atoms with Crippen molar-refractivity contribution < 1.29 is 22.4 Å². The van der Waals surface area contributed by atoms with Gasteiger partial charge in [-0.25, -0.2) is 4.98 Å². The summed E-state index contributed by atoms with van der Waals surface area (Å²) in [5.41, 5.74) is 1.20. The normalized spacial score (nSPS) is 12.8. The van der Waals surface area contributed by atoms with Crippen LogP contribution in [0.25, 0.3) is 11.1 Å². The van der Waals surface area contributed by atoms with E-state index in [-0.39, 0.29) is 5.69 Å². The average Bonchev–Trinajstić information content (AvgIpc) is 2.93. The van der Waals surface area contributed by atoms with Gasteiger partial charge in [-0.15, -0.1) is 0 Å². The van der Waals surface area contributed by atoms with Gasteiger partial charge in [0.2, 0.25) is 5.91 Å². The summed E-state index contributed by atoms with van der Waals surface area (Å²) in [5.74, 6) is 0.0771. The molecule has 0 spiro atoms. The fourth-order valence-electron chi connectivity index (χ4n) is 2.47. The summed E-state index contributed by atoms with van der Waals surface area (Å²) in [4.78, 5) is 16.5. The first-order valence-corrected chi connectivity index (χ1v) is 7.84. The third-order valence-corrected chi connectivity index (χ3v) is 3.73. The zero-order chi connectivity index (χ0) is 18.9. The molecule has 1 aromatic heterocycles. The summed E-state index contributed by atoms with van der Waals surface area (Å²) in [6.07, 6.45) is -4.46. The summed E-state index contributed by atoms with van der Waals surface area (Å²) in [7, 11) is 0. The number of carbonyl (C=O) groups is 1. The van der Waals surface area contributed by atoms with Crippen LogP contribution in [0.15, 0.2) is 46.9 Å². The number of carbonyl (C=O) groups excluding carboxylic acids is 1. The fourth-order valence-corrected chi connectivity index (χ4v) is 2.47. The van der Waals surface area contributed by atoms with Crippen molar-refractivity contribution in [2.75, 3.05) is 10.6 Å². The van der Waals surface area contributed by atoms with Crippen LogP contribution in [0, 0.1) is 6.92 Å². The number of hydrogen-bond donors (Lipinski definition) is 2. The van der Waals surface area contributed by atoms with Gasteiger partial charge >= 0.3 is 6.18 Å². The minimum absolute atomic E-state index is 0.0843. The molecule has 26 heavy (non-hydrogen) atoms. The first-order chi connectivity index (χ1) is 12.2. The van der Waals surface area contributed by atoms with Crippen LogP contribution in [0.2, 0.25) is 0 Å². The molecule has 1 amide bonds. The Bertz CT molecular complexity index is 950. The van der Waals surface area contributed by atoms with Crippen LogP contribution in [0.5, 0.6) is 0 Å². The topological polar surface area (TPSA) is 67.2 Å². The third-order valence-electron chi connectivity index (χ3n) is 3.73. The number of anilines is 2. The highest BCUT2D eigenvalue weighted by molar-refractivity contribution is 5.96. The third kappa shape index (κ3) is 3.96. The molecule has 0 fully saturated rings. The van der Waals surface area contributed by atoms with E-state index in [4.69, 9.17) is 4.42 Å². The largest absolute Gasteiger partial charge is 0.441 e. The number of aryl methyl sites for hydroxylation is 1. The van der Waals surface area contributed by atoms with Crippen molar-refractivity contribution in [3.8, 4) is 0 Å². The van der Waals surface area contributed by atoms with Gasteiger partial charge in [-0.1, -0.05) is 6.07 Å². The highest BCUT2D eigenvalue weighted by Crippen LogP contribution is 2.30. The summed E-state index contributed by atoms with van der Waals surface area (Å²) in [5, 5.41) is 5.47. The number of halogens is 3. The van der Waals surface area contributed by atoms with Crippen molar-refractivity contribution in [1.82, 2.24) is 4.98 Å². The molecule has 3 rings (SSSR count). The lowest BCUT2D eigenvalue weighted by Crippen LogP contribution is -2.31. The Labute approximate surface area is 147 Å². The second kappa shape index (κ2) is 6.70. The predicted octanol–water partition coefficient (Wildman–Crippen LogP) is 4.59. The number of hydrogen-bond acceptors (Lipinski definition) is 4. The number of rotatable bonds is 4. The Balaban J connectivity index is 1.69. The molecule has 8 heteroatoms. The molecular weight excluding hydrogens is 347 g/mol. The quantitative estimate of drug-likeness (QED) is 0.711. The van der Waals surface area contributed by atoms with Crippen LogP contribution in [-0.2, 0) is 11.0 Å². The number of amides is 1. The molecule has 1 atom stereocenters. The number of benzene rings is 2. The van der Waals surface area contributed by atoms with E-state index in [0.717, 1.165) is 12.1 Å². The van der Waals surface area contributed by atoms with Crippen molar-refractivity contribution in [2.24, 2.45) is 0 Å². The van der Waals surface area contributed by atoms with E-state index in [9.17, 15) is 18.0 Å². The molecule has 0 bridgehead atoms. The molecule has 2 N–H and O–H groups in total. The molecule has 0 aliphatic carbocycles.